The smallest absolute Gasteiger partial charge is 0.226 e. The van der Waals surface area contributed by atoms with Gasteiger partial charge in [-0.05, 0) is 49.2 Å². The SMILES string of the molecule is CC(=O)N1C=Cc2ccccc2C1CC(=O)Nc1ccc(OC(C)C)c(Cl)c1. The van der Waals surface area contributed by atoms with E-state index >= 15 is 0 Å². The summed E-state index contributed by atoms with van der Waals surface area (Å²) in [5.74, 6) is 0.264. The average molecular weight is 399 g/mol. The Bertz CT molecular complexity index is 924. The minimum Gasteiger partial charge on any atom is -0.489 e. The maximum absolute atomic E-state index is 12.7. The number of carbonyl (C=O) groups is 2. The molecule has 6 heteroatoms. The van der Waals surface area contributed by atoms with Crippen LogP contribution in [0, 0.1) is 0 Å². The van der Waals surface area contributed by atoms with E-state index in [1.165, 1.54) is 6.92 Å². The molecule has 0 radical (unpaired) electrons. The minimum atomic E-state index is -0.349. The second kappa shape index (κ2) is 8.48. The predicted octanol–water partition coefficient (Wildman–Crippen LogP) is 5.03. The number of halogens is 1. The van der Waals surface area contributed by atoms with Crippen LogP contribution < -0.4 is 10.1 Å². The van der Waals surface area contributed by atoms with E-state index in [1.54, 1.807) is 29.3 Å². The standard InChI is InChI=1S/C22H23ClN2O3/c1-14(2)28-21-9-8-17(12-19(21)23)24-22(27)13-20-18-7-5-4-6-16(18)10-11-25(20)15(3)26/h4-12,14,20H,13H2,1-3H3,(H,24,27). The Labute approximate surface area is 169 Å². The van der Waals surface area contributed by atoms with Crippen LogP contribution in [0.25, 0.3) is 6.08 Å². The molecule has 2 aromatic carbocycles. The first kappa shape index (κ1) is 20.0. The molecule has 1 unspecified atom stereocenters. The van der Waals surface area contributed by atoms with Crippen LogP contribution in [0.4, 0.5) is 5.69 Å². The van der Waals surface area contributed by atoms with Gasteiger partial charge in [0.25, 0.3) is 0 Å². The molecule has 1 aliphatic heterocycles. The lowest BCUT2D eigenvalue weighted by molar-refractivity contribution is -0.129. The van der Waals surface area contributed by atoms with E-state index in [0.29, 0.717) is 16.5 Å². The molecule has 1 heterocycles. The van der Waals surface area contributed by atoms with Gasteiger partial charge in [-0.2, -0.15) is 0 Å². The highest BCUT2D eigenvalue weighted by atomic mass is 35.5. The summed E-state index contributed by atoms with van der Waals surface area (Å²) in [6, 6.07) is 12.6. The van der Waals surface area contributed by atoms with Gasteiger partial charge in [0.1, 0.15) is 5.75 Å². The van der Waals surface area contributed by atoms with Gasteiger partial charge in [-0.15, -0.1) is 0 Å². The number of nitrogens with zero attached hydrogens (tertiary/aromatic N) is 1. The molecule has 1 aliphatic rings. The summed E-state index contributed by atoms with van der Waals surface area (Å²) in [6.07, 6.45) is 3.77. The number of hydrogen-bond acceptors (Lipinski definition) is 3. The first-order valence-electron chi connectivity index (χ1n) is 9.17. The lowest BCUT2D eigenvalue weighted by atomic mass is 9.93. The monoisotopic (exact) mass is 398 g/mol. The average Bonchev–Trinajstić information content (AvgIpc) is 2.63. The van der Waals surface area contributed by atoms with Crippen LogP contribution in [0.15, 0.2) is 48.7 Å². The maximum Gasteiger partial charge on any atom is 0.226 e. The molecule has 0 fully saturated rings. The molecule has 0 aliphatic carbocycles. The van der Waals surface area contributed by atoms with E-state index in [1.807, 2.05) is 44.2 Å². The minimum absolute atomic E-state index is 0.00919. The number of carbonyl (C=O) groups excluding carboxylic acids is 2. The third kappa shape index (κ3) is 4.54. The van der Waals surface area contributed by atoms with E-state index in [-0.39, 0.29) is 30.4 Å². The first-order chi connectivity index (χ1) is 13.3. The van der Waals surface area contributed by atoms with Crippen molar-refractivity contribution in [1.82, 2.24) is 4.90 Å². The molecular weight excluding hydrogens is 376 g/mol. The van der Waals surface area contributed by atoms with Crippen molar-refractivity contribution in [2.45, 2.75) is 39.3 Å². The van der Waals surface area contributed by atoms with Gasteiger partial charge in [-0.25, -0.2) is 0 Å². The largest absolute Gasteiger partial charge is 0.489 e. The Balaban J connectivity index is 1.75. The number of benzene rings is 2. The summed E-state index contributed by atoms with van der Waals surface area (Å²) in [5, 5.41) is 3.29. The number of amides is 2. The molecular formula is C22H23ClN2O3. The van der Waals surface area contributed by atoms with Crippen molar-refractivity contribution in [3.05, 3.63) is 64.8 Å². The third-order valence-corrected chi connectivity index (χ3v) is 4.72. The number of ether oxygens (including phenoxy) is 1. The molecule has 146 valence electrons. The topological polar surface area (TPSA) is 58.6 Å². The van der Waals surface area contributed by atoms with Crippen LogP contribution in [0.1, 0.15) is 44.4 Å². The number of hydrogen-bond donors (Lipinski definition) is 1. The van der Waals surface area contributed by atoms with Crippen LogP contribution in [-0.2, 0) is 9.59 Å². The predicted molar refractivity (Wildman–Crippen MR) is 111 cm³/mol. The molecule has 28 heavy (non-hydrogen) atoms. The van der Waals surface area contributed by atoms with Crippen LogP contribution in [0.3, 0.4) is 0 Å². The highest BCUT2D eigenvalue weighted by molar-refractivity contribution is 6.32. The van der Waals surface area contributed by atoms with Gasteiger partial charge < -0.3 is 15.0 Å². The van der Waals surface area contributed by atoms with E-state index in [4.69, 9.17) is 16.3 Å². The summed E-state index contributed by atoms with van der Waals surface area (Å²) >= 11 is 6.24. The highest BCUT2D eigenvalue weighted by Crippen LogP contribution is 2.33. The Morgan fingerprint density at radius 2 is 1.96 bits per heavy atom. The molecule has 0 saturated carbocycles. The van der Waals surface area contributed by atoms with Crippen molar-refractivity contribution in [3.63, 3.8) is 0 Å². The quantitative estimate of drug-likeness (QED) is 0.768. The van der Waals surface area contributed by atoms with Gasteiger partial charge in [0.15, 0.2) is 0 Å². The van der Waals surface area contributed by atoms with E-state index < -0.39 is 0 Å². The van der Waals surface area contributed by atoms with Gasteiger partial charge in [-0.3, -0.25) is 9.59 Å². The van der Waals surface area contributed by atoms with E-state index in [2.05, 4.69) is 5.32 Å². The molecule has 2 amide bonds. The van der Waals surface area contributed by atoms with Crippen molar-refractivity contribution in [1.29, 1.82) is 0 Å². The zero-order valence-corrected chi connectivity index (χ0v) is 16.9. The molecule has 3 rings (SSSR count). The fraction of sp³-hybridized carbons (Fsp3) is 0.273. The summed E-state index contributed by atoms with van der Waals surface area (Å²) in [4.78, 5) is 26.3. The summed E-state index contributed by atoms with van der Waals surface area (Å²) in [6.45, 7) is 5.34. The van der Waals surface area contributed by atoms with Gasteiger partial charge in [0.2, 0.25) is 11.8 Å². The highest BCUT2D eigenvalue weighted by Gasteiger charge is 2.28. The second-order valence-corrected chi connectivity index (χ2v) is 7.36. The molecule has 0 aromatic heterocycles. The number of anilines is 1. The van der Waals surface area contributed by atoms with Crippen LogP contribution in [-0.4, -0.2) is 22.8 Å². The van der Waals surface area contributed by atoms with Crippen molar-refractivity contribution in [3.8, 4) is 5.75 Å². The maximum atomic E-state index is 12.7. The van der Waals surface area contributed by atoms with Gasteiger partial charge in [0.05, 0.1) is 23.6 Å². The molecule has 0 spiro atoms. The van der Waals surface area contributed by atoms with Crippen LogP contribution in [0.5, 0.6) is 5.75 Å². The normalized spacial score (nSPS) is 15.3. The number of nitrogens with one attached hydrogen (secondary N) is 1. The van der Waals surface area contributed by atoms with Crippen molar-refractivity contribution < 1.29 is 14.3 Å². The first-order valence-corrected chi connectivity index (χ1v) is 9.55. The van der Waals surface area contributed by atoms with Crippen molar-refractivity contribution >= 4 is 35.2 Å². The molecule has 5 nitrogen and oxygen atoms in total. The fourth-order valence-corrected chi connectivity index (χ4v) is 3.45. The molecule has 0 saturated heterocycles. The Morgan fingerprint density at radius 1 is 1.21 bits per heavy atom. The zero-order chi connectivity index (χ0) is 20.3. The molecule has 1 N–H and O–H groups in total. The molecule has 1 atom stereocenters. The van der Waals surface area contributed by atoms with E-state index in [0.717, 1.165) is 11.1 Å². The van der Waals surface area contributed by atoms with Gasteiger partial charge in [-0.1, -0.05) is 35.9 Å². The van der Waals surface area contributed by atoms with Crippen LogP contribution >= 0.6 is 11.6 Å². The fourth-order valence-electron chi connectivity index (χ4n) is 3.23. The molecule has 0 bridgehead atoms. The Kier molecular flexibility index (Phi) is 6.05. The Hall–Kier alpha value is -2.79. The summed E-state index contributed by atoms with van der Waals surface area (Å²) in [7, 11) is 0. The number of rotatable bonds is 5. The van der Waals surface area contributed by atoms with Gasteiger partial charge in [0, 0.05) is 18.8 Å². The molecule has 2 aromatic rings. The van der Waals surface area contributed by atoms with Crippen LogP contribution in [0.2, 0.25) is 5.02 Å². The van der Waals surface area contributed by atoms with E-state index in [9.17, 15) is 9.59 Å². The van der Waals surface area contributed by atoms with Gasteiger partial charge >= 0.3 is 0 Å². The summed E-state index contributed by atoms with van der Waals surface area (Å²) in [5.41, 5.74) is 2.55. The number of fused-ring (bicyclic) bond motifs is 1. The lowest BCUT2D eigenvalue weighted by Gasteiger charge is -2.32. The second-order valence-electron chi connectivity index (χ2n) is 6.95. The third-order valence-electron chi connectivity index (χ3n) is 4.43. The summed E-state index contributed by atoms with van der Waals surface area (Å²) < 4.78 is 5.61. The Morgan fingerprint density at radius 3 is 2.64 bits per heavy atom. The van der Waals surface area contributed by atoms with Crippen molar-refractivity contribution in [2.24, 2.45) is 0 Å². The van der Waals surface area contributed by atoms with Crippen molar-refractivity contribution in [2.75, 3.05) is 5.32 Å². The lowest BCUT2D eigenvalue weighted by Crippen LogP contribution is -2.33. The zero-order valence-electron chi connectivity index (χ0n) is 16.1.